The van der Waals surface area contributed by atoms with Crippen LogP contribution >= 0.6 is 0 Å². The monoisotopic (exact) mass is 678 g/mol. The molecule has 2 aromatic rings. The highest BCUT2D eigenvalue weighted by atomic mass is 16.8. The van der Waals surface area contributed by atoms with Crippen molar-refractivity contribution < 1.29 is 66.8 Å². The van der Waals surface area contributed by atoms with E-state index >= 15 is 0 Å². The van der Waals surface area contributed by atoms with Crippen molar-refractivity contribution in [3.05, 3.63) is 59.7 Å². The summed E-state index contributed by atoms with van der Waals surface area (Å²) in [6, 6.07) is 14.8. The number of ether oxygens (including phenoxy) is 11. The van der Waals surface area contributed by atoms with Crippen LogP contribution in [0.25, 0.3) is 0 Å². The molecule has 0 radical (unpaired) electrons. The lowest BCUT2D eigenvalue weighted by Gasteiger charge is -2.48. The summed E-state index contributed by atoms with van der Waals surface area (Å²) in [7, 11) is 6.06. The number of hydrogen-bond donors (Lipinski definition) is 1. The fourth-order valence-electron chi connectivity index (χ4n) is 5.74. The minimum absolute atomic E-state index is 0.0625. The number of rotatable bonds is 15. The van der Waals surface area contributed by atoms with Crippen LogP contribution in [-0.2, 0) is 65.4 Å². The highest BCUT2D eigenvalue weighted by Gasteiger charge is 2.54. The average Bonchev–Trinajstić information content (AvgIpc) is 3.07. The van der Waals surface area contributed by atoms with E-state index in [1.54, 1.807) is 21.1 Å². The van der Waals surface area contributed by atoms with Gasteiger partial charge in [-0.2, -0.15) is 0 Å². The van der Waals surface area contributed by atoms with Gasteiger partial charge in [-0.1, -0.05) is 24.3 Å². The van der Waals surface area contributed by atoms with Crippen LogP contribution in [-0.4, -0.2) is 114 Å². The van der Waals surface area contributed by atoms with Crippen molar-refractivity contribution in [1.82, 2.24) is 0 Å². The van der Waals surface area contributed by atoms with E-state index in [0.29, 0.717) is 5.75 Å². The van der Waals surface area contributed by atoms with E-state index in [2.05, 4.69) is 0 Å². The summed E-state index contributed by atoms with van der Waals surface area (Å²) < 4.78 is 63.9. The summed E-state index contributed by atoms with van der Waals surface area (Å²) in [5.41, 5.74) is 1.74. The molecule has 14 nitrogen and oxygen atoms in total. The van der Waals surface area contributed by atoms with E-state index in [1.165, 1.54) is 28.1 Å². The van der Waals surface area contributed by atoms with Gasteiger partial charge in [-0.3, -0.25) is 9.59 Å². The quantitative estimate of drug-likeness (QED) is 0.274. The van der Waals surface area contributed by atoms with Crippen LogP contribution < -0.4 is 9.47 Å². The molecule has 0 spiro atoms. The molecule has 2 heterocycles. The molecule has 0 unspecified atom stereocenters. The molecule has 2 aliphatic rings. The SMILES string of the molecule is COc1ccc(COC[C@H]2O[C@@H](O)[C@H](O[C@@H]3O[C@@H](C)[C@@H](OC(C)=O)[C@@H](OC(C)=O)[C@@H]3OC)[C@@H](OCc3ccc(OC)cc3)[C@H]2OC)cc1. The maximum absolute atomic E-state index is 12.1. The zero-order valence-electron chi connectivity index (χ0n) is 28.3. The lowest BCUT2D eigenvalue weighted by Crippen LogP contribution is -2.65. The predicted octanol–water partition coefficient (Wildman–Crippen LogP) is 2.55. The van der Waals surface area contributed by atoms with Crippen molar-refractivity contribution in [3.63, 3.8) is 0 Å². The molecule has 0 aromatic heterocycles. The standard InChI is InChI=1S/C34H46O14/c1-19-27(45-20(2)35)30(46-21(3)36)32(41-7)34(44-19)48-31-29(43-17-23-10-14-25(39-5)15-11-23)28(40-6)26(47-33(31)37)18-42-16-22-8-12-24(38-4)13-9-22/h8-15,19,26-34,37H,16-18H2,1-7H3/t19-,26+,27+,28-,29-,30+,31+,32-,33+,34-/m0/s1. The Balaban J connectivity index is 1.56. The molecule has 4 rings (SSSR count). The van der Waals surface area contributed by atoms with Crippen LogP contribution in [0.5, 0.6) is 11.5 Å². The van der Waals surface area contributed by atoms with Gasteiger partial charge in [0, 0.05) is 28.1 Å². The van der Waals surface area contributed by atoms with Crippen LogP contribution in [0.3, 0.4) is 0 Å². The van der Waals surface area contributed by atoms with Crippen LogP contribution in [0, 0.1) is 0 Å². The molecule has 14 heteroatoms. The lowest BCUT2D eigenvalue weighted by molar-refractivity contribution is -0.367. The van der Waals surface area contributed by atoms with Crippen molar-refractivity contribution in [3.8, 4) is 11.5 Å². The number of benzene rings is 2. The smallest absolute Gasteiger partial charge is 0.303 e. The first-order valence-corrected chi connectivity index (χ1v) is 15.6. The highest BCUT2D eigenvalue weighted by molar-refractivity contribution is 5.67. The summed E-state index contributed by atoms with van der Waals surface area (Å²) in [5, 5.41) is 11.4. The maximum atomic E-state index is 12.1. The molecule has 0 saturated carbocycles. The molecule has 1 N–H and O–H groups in total. The Labute approximate surface area is 280 Å². The third kappa shape index (κ3) is 9.64. The van der Waals surface area contributed by atoms with Crippen LogP contribution in [0.15, 0.2) is 48.5 Å². The van der Waals surface area contributed by atoms with Crippen LogP contribution in [0.1, 0.15) is 31.9 Å². The molecule has 2 saturated heterocycles. The largest absolute Gasteiger partial charge is 0.497 e. The van der Waals surface area contributed by atoms with Gasteiger partial charge in [0.15, 0.2) is 24.8 Å². The molecule has 10 atom stereocenters. The second-order valence-electron chi connectivity index (χ2n) is 11.4. The number of carbonyl (C=O) groups is 2. The molecular formula is C34H46O14. The zero-order valence-corrected chi connectivity index (χ0v) is 28.3. The van der Waals surface area contributed by atoms with Gasteiger partial charge in [0.2, 0.25) is 0 Å². The van der Waals surface area contributed by atoms with Crippen LogP contribution in [0.2, 0.25) is 0 Å². The van der Waals surface area contributed by atoms with Gasteiger partial charge < -0.3 is 57.2 Å². The molecule has 0 bridgehead atoms. The van der Waals surface area contributed by atoms with Gasteiger partial charge in [0.1, 0.15) is 42.0 Å². The Bertz CT molecular complexity index is 1290. The van der Waals surface area contributed by atoms with E-state index in [9.17, 15) is 14.7 Å². The Morgan fingerprint density at radius 1 is 0.688 bits per heavy atom. The average molecular weight is 679 g/mol. The molecule has 2 aliphatic heterocycles. The second kappa shape index (κ2) is 17.9. The van der Waals surface area contributed by atoms with Gasteiger partial charge in [-0.15, -0.1) is 0 Å². The maximum Gasteiger partial charge on any atom is 0.303 e. The van der Waals surface area contributed by atoms with Crippen molar-refractivity contribution in [2.75, 3.05) is 35.0 Å². The molecular weight excluding hydrogens is 632 g/mol. The normalized spacial score (nSPS) is 30.3. The van der Waals surface area contributed by atoms with E-state index in [-0.39, 0.29) is 19.8 Å². The third-order valence-electron chi connectivity index (χ3n) is 8.09. The summed E-state index contributed by atoms with van der Waals surface area (Å²) in [6.45, 7) is 4.58. The first kappa shape index (κ1) is 37.5. The molecule has 48 heavy (non-hydrogen) atoms. The van der Waals surface area contributed by atoms with E-state index < -0.39 is 73.4 Å². The number of aliphatic hydroxyl groups excluding tert-OH is 1. The van der Waals surface area contributed by atoms with Gasteiger partial charge in [0.05, 0.1) is 40.1 Å². The number of aliphatic hydroxyl groups is 1. The number of methoxy groups -OCH3 is 4. The minimum atomic E-state index is -1.53. The summed E-state index contributed by atoms with van der Waals surface area (Å²) >= 11 is 0. The fourth-order valence-corrected chi connectivity index (χ4v) is 5.74. The molecule has 2 fully saturated rings. The Hall–Kier alpha value is -3.34. The van der Waals surface area contributed by atoms with Crippen molar-refractivity contribution >= 4 is 11.9 Å². The van der Waals surface area contributed by atoms with Crippen molar-refractivity contribution in [1.29, 1.82) is 0 Å². The van der Waals surface area contributed by atoms with Crippen LogP contribution in [0.4, 0.5) is 0 Å². The first-order chi connectivity index (χ1) is 23.1. The Kier molecular flexibility index (Phi) is 14.0. The van der Waals surface area contributed by atoms with Gasteiger partial charge in [-0.05, 0) is 42.3 Å². The van der Waals surface area contributed by atoms with Gasteiger partial charge in [0.25, 0.3) is 0 Å². The first-order valence-electron chi connectivity index (χ1n) is 15.6. The van der Waals surface area contributed by atoms with Crippen molar-refractivity contribution in [2.24, 2.45) is 0 Å². The minimum Gasteiger partial charge on any atom is -0.497 e. The lowest BCUT2D eigenvalue weighted by atomic mass is 9.96. The second-order valence-corrected chi connectivity index (χ2v) is 11.4. The highest BCUT2D eigenvalue weighted by Crippen LogP contribution is 2.34. The predicted molar refractivity (Wildman–Crippen MR) is 167 cm³/mol. The summed E-state index contributed by atoms with van der Waals surface area (Å²) in [5.74, 6) is 0.209. The summed E-state index contributed by atoms with van der Waals surface area (Å²) in [4.78, 5) is 24.0. The Morgan fingerprint density at radius 3 is 1.75 bits per heavy atom. The zero-order chi connectivity index (χ0) is 34.8. The number of esters is 2. The Morgan fingerprint density at radius 2 is 1.23 bits per heavy atom. The third-order valence-corrected chi connectivity index (χ3v) is 8.09. The topological polar surface area (TPSA) is 156 Å². The molecule has 0 amide bonds. The molecule has 0 aliphatic carbocycles. The molecule has 2 aromatic carbocycles. The summed E-state index contributed by atoms with van der Waals surface area (Å²) in [6.07, 6.45) is -10.3. The number of carbonyl (C=O) groups excluding carboxylic acids is 2. The van der Waals surface area contributed by atoms with Gasteiger partial charge in [-0.25, -0.2) is 0 Å². The van der Waals surface area contributed by atoms with E-state index in [4.69, 9.17) is 52.1 Å². The fraction of sp³-hybridized carbons (Fsp3) is 0.588. The van der Waals surface area contributed by atoms with Gasteiger partial charge >= 0.3 is 11.9 Å². The van der Waals surface area contributed by atoms with Crippen molar-refractivity contribution in [2.45, 2.75) is 95.4 Å². The van der Waals surface area contributed by atoms with E-state index in [0.717, 1.165) is 16.9 Å². The number of hydrogen-bond acceptors (Lipinski definition) is 14. The molecule has 266 valence electrons. The van der Waals surface area contributed by atoms with E-state index in [1.807, 2.05) is 48.5 Å².